The lowest BCUT2D eigenvalue weighted by Crippen LogP contribution is -2.34. The van der Waals surface area contributed by atoms with Gasteiger partial charge in [-0.05, 0) is 36.1 Å². The number of nitriles is 1. The molecule has 0 bridgehead atoms. The molecular formula is C15H16N2OS. The van der Waals surface area contributed by atoms with E-state index in [9.17, 15) is 5.11 Å². The molecule has 4 heteroatoms. The fourth-order valence-electron chi connectivity index (χ4n) is 1.82. The summed E-state index contributed by atoms with van der Waals surface area (Å²) in [6.45, 7) is 2.98. The van der Waals surface area contributed by atoms with Crippen LogP contribution in [0.4, 0.5) is 0 Å². The van der Waals surface area contributed by atoms with Crippen molar-refractivity contribution in [2.45, 2.75) is 19.1 Å². The molecule has 1 heterocycles. The lowest BCUT2D eigenvalue weighted by molar-refractivity contribution is 0.0604. The van der Waals surface area contributed by atoms with Crippen LogP contribution < -0.4 is 5.32 Å². The predicted molar refractivity (Wildman–Crippen MR) is 76.8 cm³/mol. The van der Waals surface area contributed by atoms with Gasteiger partial charge in [-0.25, -0.2) is 0 Å². The summed E-state index contributed by atoms with van der Waals surface area (Å²) >= 11 is 1.56. The van der Waals surface area contributed by atoms with E-state index in [2.05, 4.69) is 11.4 Å². The van der Waals surface area contributed by atoms with Gasteiger partial charge in [-0.3, -0.25) is 0 Å². The van der Waals surface area contributed by atoms with Crippen LogP contribution in [0.2, 0.25) is 0 Å². The Morgan fingerprint density at radius 1 is 1.32 bits per heavy atom. The summed E-state index contributed by atoms with van der Waals surface area (Å²) in [5.41, 5.74) is 0.913. The summed E-state index contributed by atoms with van der Waals surface area (Å²) in [5.74, 6) is 0. The van der Waals surface area contributed by atoms with Crippen molar-refractivity contribution in [3.63, 3.8) is 0 Å². The first-order chi connectivity index (χ1) is 9.12. The van der Waals surface area contributed by atoms with E-state index < -0.39 is 5.60 Å². The molecular weight excluding hydrogens is 256 g/mol. The van der Waals surface area contributed by atoms with E-state index in [0.717, 1.165) is 10.4 Å². The lowest BCUT2D eigenvalue weighted by Gasteiger charge is -2.22. The zero-order valence-electron chi connectivity index (χ0n) is 10.8. The third-order valence-corrected chi connectivity index (χ3v) is 4.06. The smallest absolute Gasteiger partial charge is 0.108 e. The molecule has 0 aliphatic carbocycles. The number of benzene rings is 1. The summed E-state index contributed by atoms with van der Waals surface area (Å²) in [6.07, 6.45) is 0. The van der Waals surface area contributed by atoms with Crippen LogP contribution in [-0.4, -0.2) is 11.7 Å². The first-order valence-electron chi connectivity index (χ1n) is 6.08. The van der Waals surface area contributed by atoms with Crippen LogP contribution in [-0.2, 0) is 12.1 Å². The van der Waals surface area contributed by atoms with Gasteiger partial charge in [-0.15, -0.1) is 11.3 Å². The molecule has 0 saturated carbocycles. The molecule has 19 heavy (non-hydrogen) atoms. The molecule has 0 fully saturated rings. The first kappa shape index (κ1) is 13.8. The summed E-state index contributed by atoms with van der Waals surface area (Å²) in [7, 11) is 0. The highest BCUT2D eigenvalue weighted by molar-refractivity contribution is 7.10. The summed E-state index contributed by atoms with van der Waals surface area (Å²) in [5, 5.41) is 24.3. The van der Waals surface area contributed by atoms with E-state index in [1.165, 1.54) is 0 Å². The minimum atomic E-state index is -0.846. The maximum Gasteiger partial charge on any atom is 0.108 e. The number of hydrogen-bond acceptors (Lipinski definition) is 4. The number of nitrogens with zero attached hydrogens (tertiary/aromatic N) is 1. The quantitative estimate of drug-likeness (QED) is 0.879. The second kappa shape index (κ2) is 5.98. The number of aliphatic hydroxyl groups is 1. The average Bonchev–Trinajstić information content (AvgIpc) is 2.94. The number of rotatable bonds is 5. The average molecular weight is 272 g/mol. The van der Waals surface area contributed by atoms with Crippen molar-refractivity contribution in [1.82, 2.24) is 5.32 Å². The molecule has 1 unspecified atom stereocenters. The Kier molecular flexibility index (Phi) is 4.33. The Morgan fingerprint density at radius 3 is 2.63 bits per heavy atom. The van der Waals surface area contributed by atoms with Gasteiger partial charge in [0.1, 0.15) is 5.60 Å². The Labute approximate surface area is 117 Å². The van der Waals surface area contributed by atoms with Gasteiger partial charge >= 0.3 is 0 Å². The molecule has 1 aromatic heterocycles. The van der Waals surface area contributed by atoms with Crippen LogP contribution in [0.5, 0.6) is 0 Å². The van der Waals surface area contributed by atoms with Crippen LogP contribution in [0.1, 0.15) is 22.9 Å². The van der Waals surface area contributed by atoms with Gasteiger partial charge < -0.3 is 10.4 Å². The normalized spacial score (nSPS) is 13.7. The van der Waals surface area contributed by atoms with Crippen LogP contribution in [0.3, 0.4) is 0 Å². The molecule has 98 valence electrons. The van der Waals surface area contributed by atoms with Gasteiger partial charge in [0, 0.05) is 18.0 Å². The largest absolute Gasteiger partial charge is 0.383 e. The third kappa shape index (κ3) is 3.65. The Bertz CT molecular complexity index is 553. The zero-order valence-corrected chi connectivity index (χ0v) is 11.6. The van der Waals surface area contributed by atoms with Gasteiger partial charge in [-0.2, -0.15) is 5.26 Å². The molecule has 1 aromatic carbocycles. The van der Waals surface area contributed by atoms with E-state index in [-0.39, 0.29) is 0 Å². The van der Waals surface area contributed by atoms with E-state index >= 15 is 0 Å². The van der Waals surface area contributed by atoms with Crippen LogP contribution in [0.25, 0.3) is 0 Å². The molecule has 3 nitrogen and oxygen atoms in total. The summed E-state index contributed by atoms with van der Waals surface area (Å²) in [4.78, 5) is 0.958. The third-order valence-electron chi connectivity index (χ3n) is 2.93. The molecule has 0 radical (unpaired) electrons. The molecule has 2 aromatic rings. The van der Waals surface area contributed by atoms with E-state index in [1.54, 1.807) is 23.5 Å². The first-order valence-corrected chi connectivity index (χ1v) is 6.96. The molecule has 2 rings (SSSR count). The molecule has 0 aliphatic rings. The van der Waals surface area contributed by atoms with E-state index in [0.29, 0.717) is 18.7 Å². The van der Waals surface area contributed by atoms with Gasteiger partial charge in [0.15, 0.2) is 0 Å². The van der Waals surface area contributed by atoms with E-state index in [1.807, 2.05) is 36.6 Å². The summed E-state index contributed by atoms with van der Waals surface area (Å²) < 4.78 is 0. The fourth-order valence-corrected chi connectivity index (χ4v) is 2.61. The van der Waals surface area contributed by atoms with Crippen molar-refractivity contribution in [3.05, 3.63) is 57.8 Å². The van der Waals surface area contributed by atoms with Gasteiger partial charge in [0.25, 0.3) is 0 Å². The number of nitrogens with one attached hydrogen (secondary N) is 1. The maximum atomic E-state index is 10.3. The molecule has 0 saturated heterocycles. The van der Waals surface area contributed by atoms with Crippen molar-refractivity contribution in [2.24, 2.45) is 0 Å². The van der Waals surface area contributed by atoms with Crippen LogP contribution in [0, 0.1) is 11.3 Å². The van der Waals surface area contributed by atoms with Gasteiger partial charge in [0.05, 0.1) is 11.6 Å². The Morgan fingerprint density at radius 2 is 2.05 bits per heavy atom. The highest BCUT2D eigenvalue weighted by Gasteiger charge is 2.23. The number of hydrogen-bond donors (Lipinski definition) is 2. The molecule has 0 aliphatic heterocycles. The van der Waals surface area contributed by atoms with Crippen molar-refractivity contribution >= 4 is 11.3 Å². The topological polar surface area (TPSA) is 56.0 Å². The van der Waals surface area contributed by atoms with Crippen molar-refractivity contribution in [1.29, 1.82) is 5.26 Å². The zero-order chi connectivity index (χ0) is 13.7. The number of thiophene rings is 1. The van der Waals surface area contributed by atoms with Gasteiger partial charge in [-0.1, -0.05) is 18.2 Å². The standard InChI is InChI=1S/C15H16N2OS/c1-15(18,14-3-2-8-19-14)11-17-10-13-6-4-12(9-16)5-7-13/h2-8,17-18H,10-11H2,1H3. The second-order valence-corrected chi connectivity index (χ2v) is 5.61. The van der Waals surface area contributed by atoms with Crippen LogP contribution in [0.15, 0.2) is 41.8 Å². The monoisotopic (exact) mass is 272 g/mol. The second-order valence-electron chi connectivity index (χ2n) is 4.66. The highest BCUT2D eigenvalue weighted by atomic mass is 32.1. The molecule has 2 N–H and O–H groups in total. The molecule has 1 atom stereocenters. The Balaban J connectivity index is 1.88. The summed E-state index contributed by atoms with van der Waals surface area (Å²) in [6, 6.07) is 13.4. The molecule has 0 spiro atoms. The predicted octanol–water partition coefficient (Wildman–Crippen LogP) is 2.62. The fraction of sp³-hybridized carbons (Fsp3) is 0.267. The van der Waals surface area contributed by atoms with Gasteiger partial charge in [0.2, 0.25) is 0 Å². The molecule has 0 amide bonds. The van der Waals surface area contributed by atoms with Crippen molar-refractivity contribution in [3.8, 4) is 6.07 Å². The van der Waals surface area contributed by atoms with E-state index in [4.69, 9.17) is 5.26 Å². The van der Waals surface area contributed by atoms with Crippen molar-refractivity contribution < 1.29 is 5.11 Å². The maximum absolute atomic E-state index is 10.3. The minimum absolute atomic E-state index is 0.494. The highest BCUT2D eigenvalue weighted by Crippen LogP contribution is 2.24. The SMILES string of the molecule is CC(O)(CNCc1ccc(C#N)cc1)c1cccs1. The van der Waals surface area contributed by atoms with Crippen LogP contribution >= 0.6 is 11.3 Å². The lowest BCUT2D eigenvalue weighted by atomic mass is 10.1. The minimum Gasteiger partial charge on any atom is -0.383 e. The Hall–Kier alpha value is -1.67. The van der Waals surface area contributed by atoms with Crippen molar-refractivity contribution in [2.75, 3.05) is 6.54 Å².